The molecule has 0 amide bonds. The number of rotatable bonds is 2. The van der Waals surface area contributed by atoms with Crippen LogP contribution in [-0.2, 0) is 0 Å². The average molecular weight is 225 g/mol. The van der Waals surface area contributed by atoms with Gasteiger partial charge in [-0.25, -0.2) is 0 Å². The Labute approximate surface area is 100 Å². The van der Waals surface area contributed by atoms with Crippen LogP contribution in [0.2, 0.25) is 0 Å². The molecule has 1 aliphatic carbocycles. The first kappa shape index (κ1) is 12.4. The second-order valence-electron chi connectivity index (χ2n) is 5.81. The van der Waals surface area contributed by atoms with E-state index in [-0.39, 0.29) is 6.10 Å². The number of nitrogens with zero attached hydrogens (tertiary/aromatic N) is 1. The van der Waals surface area contributed by atoms with E-state index in [9.17, 15) is 5.11 Å². The van der Waals surface area contributed by atoms with E-state index < -0.39 is 0 Å². The lowest BCUT2D eigenvalue weighted by Gasteiger charge is -2.35. The van der Waals surface area contributed by atoms with Gasteiger partial charge in [0.2, 0.25) is 0 Å². The SMILES string of the molecule is CC1CCCCCN1CC1CCCCC1O. The highest BCUT2D eigenvalue weighted by atomic mass is 16.3. The van der Waals surface area contributed by atoms with Gasteiger partial charge >= 0.3 is 0 Å². The summed E-state index contributed by atoms with van der Waals surface area (Å²) < 4.78 is 0. The minimum absolute atomic E-state index is 0.0239. The molecule has 0 radical (unpaired) electrons. The van der Waals surface area contributed by atoms with Crippen molar-refractivity contribution in [3.8, 4) is 0 Å². The topological polar surface area (TPSA) is 23.5 Å². The van der Waals surface area contributed by atoms with Gasteiger partial charge < -0.3 is 10.0 Å². The molecule has 0 aromatic rings. The predicted molar refractivity (Wildman–Crippen MR) is 67.5 cm³/mol. The predicted octanol–water partition coefficient (Wildman–Crippen LogP) is 2.80. The third-order valence-corrected chi connectivity index (χ3v) is 4.53. The second-order valence-corrected chi connectivity index (χ2v) is 5.81. The lowest BCUT2D eigenvalue weighted by atomic mass is 9.86. The largest absolute Gasteiger partial charge is 0.393 e. The summed E-state index contributed by atoms with van der Waals surface area (Å²) in [7, 11) is 0. The van der Waals surface area contributed by atoms with E-state index in [1.165, 1.54) is 51.5 Å². The Kier molecular flexibility index (Phi) is 4.66. The molecule has 16 heavy (non-hydrogen) atoms. The van der Waals surface area contributed by atoms with E-state index in [1.807, 2.05) is 0 Å². The normalized spacial score (nSPS) is 38.2. The van der Waals surface area contributed by atoms with Gasteiger partial charge in [-0.3, -0.25) is 0 Å². The highest BCUT2D eigenvalue weighted by molar-refractivity contribution is 4.80. The first-order valence-corrected chi connectivity index (χ1v) is 7.19. The summed E-state index contributed by atoms with van der Waals surface area (Å²) in [5.74, 6) is 0.550. The van der Waals surface area contributed by atoms with Crippen molar-refractivity contribution in [1.82, 2.24) is 4.90 Å². The van der Waals surface area contributed by atoms with Crippen LogP contribution in [0.4, 0.5) is 0 Å². The van der Waals surface area contributed by atoms with Crippen molar-refractivity contribution in [2.24, 2.45) is 5.92 Å². The molecule has 94 valence electrons. The summed E-state index contributed by atoms with van der Waals surface area (Å²) >= 11 is 0. The van der Waals surface area contributed by atoms with Crippen LogP contribution in [0.1, 0.15) is 58.3 Å². The Morgan fingerprint density at radius 1 is 1.00 bits per heavy atom. The van der Waals surface area contributed by atoms with Gasteiger partial charge in [0.05, 0.1) is 6.10 Å². The first-order chi connectivity index (χ1) is 7.77. The van der Waals surface area contributed by atoms with E-state index in [0.29, 0.717) is 5.92 Å². The molecule has 2 aliphatic rings. The number of aliphatic hydroxyl groups is 1. The molecule has 0 bridgehead atoms. The maximum Gasteiger partial charge on any atom is 0.0580 e. The zero-order valence-electron chi connectivity index (χ0n) is 10.7. The fourth-order valence-electron chi connectivity index (χ4n) is 3.31. The van der Waals surface area contributed by atoms with Gasteiger partial charge in [-0.05, 0) is 45.1 Å². The third kappa shape index (κ3) is 3.21. The van der Waals surface area contributed by atoms with Crippen molar-refractivity contribution < 1.29 is 5.11 Å². The lowest BCUT2D eigenvalue weighted by molar-refractivity contribution is 0.0386. The van der Waals surface area contributed by atoms with E-state index in [0.717, 1.165) is 19.0 Å². The molecule has 1 N–H and O–H groups in total. The quantitative estimate of drug-likeness (QED) is 0.781. The molecule has 1 aliphatic heterocycles. The zero-order chi connectivity index (χ0) is 11.4. The van der Waals surface area contributed by atoms with Crippen molar-refractivity contribution in [3.05, 3.63) is 0 Å². The molecule has 2 rings (SSSR count). The fourth-order valence-corrected chi connectivity index (χ4v) is 3.31. The molecule has 2 heteroatoms. The van der Waals surface area contributed by atoms with Gasteiger partial charge in [0.25, 0.3) is 0 Å². The van der Waals surface area contributed by atoms with E-state index in [2.05, 4.69) is 11.8 Å². The van der Waals surface area contributed by atoms with E-state index in [4.69, 9.17) is 0 Å². The van der Waals surface area contributed by atoms with Gasteiger partial charge in [-0.2, -0.15) is 0 Å². The van der Waals surface area contributed by atoms with Crippen LogP contribution in [-0.4, -0.2) is 35.2 Å². The summed E-state index contributed by atoms with van der Waals surface area (Å²) in [6, 6.07) is 0.733. The molecule has 3 atom stereocenters. The van der Waals surface area contributed by atoms with Crippen LogP contribution in [0.3, 0.4) is 0 Å². The van der Waals surface area contributed by atoms with Crippen LogP contribution in [0.15, 0.2) is 0 Å². The Hall–Kier alpha value is -0.0800. The Morgan fingerprint density at radius 2 is 1.75 bits per heavy atom. The fraction of sp³-hybridized carbons (Fsp3) is 1.00. The summed E-state index contributed by atoms with van der Waals surface area (Å²) in [4.78, 5) is 2.63. The van der Waals surface area contributed by atoms with E-state index >= 15 is 0 Å². The molecular formula is C14H27NO. The van der Waals surface area contributed by atoms with Gasteiger partial charge in [-0.15, -0.1) is 0 Å². The third-order valence-electron chi connectivity index (χ3n) is 4.53. The molecular weight excluding hydrogens is 198 g/mol. The molecule has 1 saturated carbocycles. The standard InChI is InChI=1S/C14H27NO/c1-12-7-3-2-6-10-15(12)11-13-8-4-5-9-14(13)16/h12-14,16H,2-11H2,1H3. The minimum Gasteiger partial charge on any atom is -0.393 e. The highest BCUT2D eigenvalue weighted by Crippen LogP contribution is 2.27. The first-order valence-electron chi connectivity index (χ1n) is 7.19. The van der Waals surface area contributed by atoms with Crippen molar-refractivity contribution in [2.75, 3.05) is 13.1 Å². The second kappa shape index (κ2) is 6.02. The molecule has 3 unspecified atom stereocenters. The lowest BCUT2D eigenvalue weighted by Crippen LogP contribution is -2.41. The van der Waals surface area contributed by atoms with Gasteiger partial charge in [-0.1, -0.05) is 25.7 Å². The summed E-state index contributed by atoms with van der Waals surface area (Å²) in [6.07, 6.45) is 10.3. The van der Waals surface area contributed by atoms with Crippen molar-refractivity contribution in [1.29, 1.82) is 0 Å². The van der Waals surface area contributed by atoms with Crippen LogP contribution in [0.5, 0.6) is 0 Å². The number of hydrogen-bond acceptors (Lipinski definition) is 2. The van der Waals surface area contributed by atoms with E-state index in [1.54, 1.807) is 0 Å². The maximum absolute atomic E-state index is 10.0. The van der Waals surface area contributed by atoms with Gasteiger partial charge in [0.1, 0.15) is 0 Å². The van der Waals surface area contributed by atoms with Gasteiger partial charge in [0, 0.05) is 12.6 Å². The van der Waals surface area contributed by atoms with Crippen LogP contribution >= 0.6 is 0 Å². The van der Waals surface area contributed by atoms with Crippen LogP contribution in [0, 0.1) is 5.92 Å². The zero-order valence-corrected chi connectivity index (χ0v) is 10.7. The van der Waals surface area contributed by atoms with Crippen LogP contribution < -0.4 is 0 Å². The molecule has 0 spiro atoms. The Balaban J connectivity index is 1.86. The summed E-state index contributed by atoms with van der Waals surface area (Å²) in [5.41, 5.74) is 0. The minimum atomic E-state index is -0.0239. The monoisotopic (exact) mass is 225 g/mol. The smallest absolute Gasteiger partial charge is 0.0580 e. The molecule has 0 aromatic carbocycles. The summed E-state index contributed by atoms with van der Waals surface area (Å²) in [6.45, 7) is 4.76. The van der Waals surface area contributed by atoms with Crippen LogP contribution in [0.25, 0.3) is 0 Å². The molecule has 1 saturated heterocycles. The Bertz CT molecular complexity index is 207. The van der Waals surface area contributed by atoms with Crippen molar-refractivity contribution in [2.45, 2.75) is 70.4 Å². The number of hydrogen-bond donors (Lipinski definition) is 1. The number of likely N-dealkylation sites (tertiary alicyclic amines) is 1. The summed E-state index contributed by atoms with van der Waals surface area (Å²) in [5, 5.41) is 10.0. The molecule has 1 heterocycles. The molecule has 0 aromatic heterocycles. The maximum atomic E-state index is 10.0. The van der Waals surface area contributed by atoms with Crippen molar-refractivity contribution in [3.63, 3.8) is 0 Å². The number of aliphatic hydroxyl groups excluding tert-OH is 1. The molecule has 2 nitrogen and oxygen atoms in total. The van der Waals surface area contributed by atoms with Gasteiger partial charge in [0.15, 0.2) is 0 Å². The highest BCUT2D eigenvalue weighted by Gasteiger charge is 2.27. The Morgan fingerprint density at radius 3 is 2.56 bits per heavy atom. The average Bonchev–Trinajstić information content (AvgIpc) is 2.48. The molecule has 2 fully saturated rings. The van der Waals surface area contributed by atoms with Crippen molar-refractivity contribution >= 4 is 0 Å².